The smallest absolute Gasteiger partial charge is 0.320 e. The van der Waals surface area contributed by atoms with Gasteiger partial charge in [-0.15, -0.1) is 0 Å². The fourth-order valence-electron chi connectivity index (χ4n) is 2.19. The Morgan fingerprint density at radius 1 is 1.56 bits per heavy atom. The number of likely N-dealkylation sites (tertiary alicyclic amines) is 1. The largest absolute Gasteiger partial charge is 0.480 e. The Morgan fingerprint density at radius 2 is 2.44 bits per heavy atom. The van der Waals surface area contributed by atoms with E-state index in [0.717, 1.165) is 31.4 Å². The summed E-state index contributed by atoms with van der Waals surface area (Å²) in [7, 11) is 0. The average Bonchev–Trinajstić information content (AvgIpc) is 2.31. The van der Waals surface area contributed by atoms with E-state index in [1.54, 1.807) is 12.4 Å². The Labute approximate surface area is 94.9 Å². The molecule has 0 spiro atoms. The van der Waals surface area contributed by atoms with Crippen LogP contribution >= 0.6 is 0 Å². The summed E-state index contributed by atoms with van der Waals surface area (Å²) in [5.74, 6) is -0.705. The Hall–Kier alpha value is -1.42. The third kappa shape index (κ3) is 2.58. The zero-order valence-electron chi connectivity index (χ0n) is 9.17. The van der Waals surface area contributed by atoms with Gasteiger partial charge in [0.25, 0.3) is 0 Å². The highest BCUT2D eigenvalue weighted by atomic mass is 16.4. The highest BCUT2D eigenvalue weighted by molar-refractivity contribution is 5.73. The summed E-state index contributed by atoms with van der Waals surface area (Å²) in [6, 6.07) is 3.55. The highest BCUT2D eigenvalue weighted by Gasteiger charge is 2.28. The Morgan fingerprint density at radius 3 is 3.12 bits per heavy atom. The van der Waals surface area contributed by atoms with Gasteiger partial charge in [0.2, 0.25) is 0 Å². The number of nitrogens with zero attached hydrogens (tertiary/aromatic N) is 2. The van der Waals surface area contributed by atoms with Crippen LogP contribution < -0.4 is 0 Å². The Balaban J connectivity index is 2.04. The molecule has 4 heteroatoms. The number of rotatable bonds is 3. The van der Waals surface area contributed by atoms with E-state index in [1.807, 2.05) is 17.0 Å². The summed E-state index contributed by atoms with van der Waals surface area (Å²) < 4.78 is 0. The van der Waals surface area contributed by atoms with E-state index in [1.165, 1.54) is 0 Å². The third-order valence-corrected chi connectivity index (χ3v) is 3.01. The van der Waals surface area contributed by atoms with Crippen molar-refractivity contribution in [2.45, 2.75) is 31.8 Å². The van der Waals surface area contributed by atoms with Crippen LogP contribution in [-0.4, -0.2) is 33.5 Å². The summed E-state index contributed by atoms with van der Waals surface area (Å²) in [6.45, 7) is 1.55. The molecule has 0 bridgehead atoms. The van der Waals surface area contributed by atoms with Crippen LogP contribution in [-0.2, 0) is 11.3 Å². The third-order valence-electron chi connectivity index (χ3n) is 3.01. The second-order valence-electron chi connectivity index (χ2n) is 4.18. The molecule has 16 heavy (non-hydrogen) atoms. The van der Waals surface area contributed by atoms with Gasteiger partial charge in [-0.1, -0.05) is 12.5 Å². The molecule has 0 radical (unpaired) electrons. The quantitative estimate of drug-likeness (QED) is 0.839. The van der Waals surface area contributed by atoms with Crippen molar-refractivity contribution in [1.29, 1.82) is 0 Å². The van der Waals surface area contributed by atoms with E-state index in [2.05, 4.69) is 4.98 Å². The molecule has 4 nitrogen and oxygen atoms in total. The van der Waals surface area contributed by atoms with E-state index in [0.29, 0.717) is 6.54 Å². The van der Waals surface area contributed by atoms with Gasteiger partial charge in [-0.3, -0.25) is 14.7 Å². The molecule has 2 heterocycles. The summed E-state index contributed by atoms with van der Waals surface area (Å²) in [5.41, 5.74) is 1.08. The number of piperidine rings is 1. The maximum absolute atomic E-state index is 11.1. The molecule has 1 aromatic rings. The first-order valence-electron chi connectivity index (χ1n) is 5.63. The van der Waals surface area contributed by atoms with Crippen LogP contribution in [0.4, 0.5) is 0 Å². The molecule has 2 rings (SSSR count). The predicted octanol–water partition coefficient (Wildman–Crippen LogP) is 1.52. The van der Waals surface area contributed by atoms with Crippen molar-refractivity contribution >= 4 is 5.97 Å². The van der Waals surface area contributed by atoms with Crippen LogP contribution in [0, 0.1) is 0 Å². The minimum absolute atomic E-state index is 0.325. The molecule has 1 aromatic heterocycles. The van der Waals surface area contributed by atoms with Crippen molar-refractivity contribution < 1.29 is 9.90 Å². The zero-order valence-corrected chi connectivity index (χ0v) is 9.17. The van der Waals surface area contributed by atoms with E-state index in [4.69, 9.17) is 5.11 Å². The molecule has 1 saturated heterocycles. The number of pyridine rings is 1. The standard InChI is InChI=1S/C12H16N2O2/c15-12(16)11-5-1-2-7-14(11)9-10-4-3-6-13-8-10/h3-4,6,8,11H,1-2,5,7,9H2,(H,15,16)/t11-/m0/s1. The topological polar surface area (TPSA) is 53.4 Å². The lowest BCUT2D eigenvalue weighted by Crippen LogP contribution is -2.43. The number of aromatic nitrogens is 1. The number of hydrogen-bond acceptors (Lipinski definition) is 3. The number of carbonyl (C=O) groups is 1. The fourth-order valence-corrected chi connectivity index (χ4v) is 2.19. The molecule has 0 aromatic carbocycles. The monoisotopic (exact) mass is 220 g/mol. The summed E-state index contributed by atoms with van der Waals surface area (Å²) in [6.07, 6.45) is 6.39. The van der Waals surface area contributed by atoms with Crippen LogP contribution in [0.2, 0.25) is 0 Å². The van der Waals surface area contributed by atoms with Gasteiger partial charge in [-0.2, -0.15) is 0 Å². The fraction of sp³-hybridized carbons (Fsp3) is 0.500. The summed E-state index contributed by atoms with van der Waals surface area (Å²) in [5, 5.41) is 9.13. The van der Waals surface area contributed by atoms with Gasteiger partial charge in [0, 0.05) is 18.9 Å². The van der Waals surface area contributed by atoms with Crippen LogP contribution in [0.1, 0.15) is 24.8 Å². The average molecular weight is 220 g/mol. The number of carboxylic acids is 1. The van der Waals surface area contributed by atoms with Gasteiger partial charge in [-0.05, 0) is 31.0 Å². The number of aliphatic carboxylic acids is 1. The highest BCUT2D eigenvalue weighted by Crippen LogP contribution is 2.19. The Kier molecular flexibility index (Phi) is 3.51. The van der Waals surface area contributed by atoms with Crippen molar-refractivity contribution in [2.75, 3.05) is 6.54 Å². The molecular weight excluding hydrogens is 204 g/mol. The lowest BCUT2D eigenvalue weighted by atomic mass is 10.0. The number of hydrogen-bond donors (Lipinski definition) is 1. The van der Waals surface area contributed by atoms with E-state index >= 15 is 0 Å². The van der Waals surface area contributed by atoms with Gasteiger partial charge >= 0.3 is 5.97 Å². The molecule has 1 aliphatic rings. The van der Waals surface area contributed by atoms with Crippen molar-refractivity contribution in [3.8, 4) is 0 Å². The number of carboxylic acid groups (broad SMARTS) is 1. The van der Waals surface area contributed by atoms with Crippen molar-refractivity contribution in [3.05, 3.63) is 30.1 Å². The summed E-state index contributed by atoms with van der Waals surface area (Å²) in [4.78, 5) is 17.2. The molecule has 1 fully saturated rings. The molecule has 0 aliphatic carbocycles. The first-order valence-corrected chi connectivity index (χ1v) is 5.63. The molecule has 1 N–H and O–H groups in total. The van der Waals surface area contributed by atoms with E-state index in [-0.39, 0.29) is 6.04 Å². The molecule has 0 saturated carbocycles. The van der Waals surface area contributed by atoms with Gasteiger partial charge in [-0.25, -0.2) is 0 Å². The van der Waals surface area contributed by atoms with Gasteiger partial charge in [0.15, 0.2) is 0 Å². The van der Waals surface area contributed by atoms with Gasteiger partial charge < -0.3 is 5.11 Å². The predicted molar refractivity (Wildman–Crippen MR) is 59.9 cm³/mol. The maximum Gasteiger partial charge on any atom is 0.320 e. The SMILES string of the molecule is O=C(O)[C@@H]1CCCCN1Cc1cccnc1. The van der Waals surface area contributed by atoms with E-state index in [9.17, 15) is 4.79 Å². The molecule has 86 valence electrons. The minimum Gasteiger partial charge on any atom is -0.480 e. The summed E-state index contributed by atoms with van der Waals surface area (Å²) >= 11 is 0. The molecular formula is C12H16N2O2. The van der Waals surface area contributed by atoms with Gasteiger partial charge in [0.1, 0.15) is 6.04 Å². The van der Waals surface area contributed by atoms with Crippen molar-refractivity contribution in [3.63, 3.8) is 0 Å². The molecule has 1 aliphatic heterocycles. The van der Waals surface area contributed by atoms with Crippen LogP contribution in [0.15, 0.2) is 24.5 Å². The van der Waals surface area contributed by atoms with Crippen LogP contribution in [0.25, 0.3) is 0 Å². The van der Waals surface area contributed by atoms with Gasteiger partial charge in [0.05, 0.1) is 0 Å². The zero-order chi connectivity index (χ0) is 11.4. The van der Waals surface area contributed by atoms with Crippen LogP contribution in [0.3, 0.4) is 0 Å². The van der Waals surface area contributed by atoms with Crippen molar-refractivity contribution in [2.24, 2.45) is 0 Å². The minimum atomic E-state index is -0.705. The normalized spacial score (nSPS) is 21.9. The first-order chi connectivity index (χ1) is 7.77. The van der Waals surface area contributed by atoms with Crippen molar-refractivity contribution in [1.82, 2.24) is 9.88 Å². The maximum atomic E-state index is 11.1. The molecule has 1 atom stereocenters. The second kappa shape index (κ2) is 5.07. The molecule has 0 amide bonds. The second-order valence-corrected chi connectivity index (χ2v) is 4.18. The van der Waals surface area contributed by atoms with Crippen LogP contribution in [0.5, 0.6) is 0 Å². The lowest BCUT2D eigenvalue weighted by molar-refractivity contribution is -0.144. The Bertz CT molecular complexity index is 353. The molecule has 0 unspecified atom stereocenters. The lowest BCUT2D eigenvalue weighted by Gasteiger charge is -2.32. The first kappa shape index (κ1) is 11.1. The van der Waals surface area contributed by atoms with E-state index < -0.39 is 5.97 Å².